The molecule has 0 atom stereocenters. The zero-order valence-electron chi connectivity index (χ0n) is 11.1. The Morgan fingerprint density at radius 1 is 1.33 bits per heavy atom. The predicted octanol–water partition coefficient (Wildman–Crippen LogP) is 4.18. The van der Waals surface area contributed by atoms with E-state index in [2.05, 4.69) is 21.0 Å². The lowest BCUT2D eigenvalue weighted by atomic mass is 10.2. The van der Waals surface area contributed by atoms with E-state index in [-0.39, 0.29) is 0 Å². The summed E-state index contributed by atoms with van der Waals surface area (Å²) >= 11 is 5.02. The van der Waals surface area contributed by atoms with E-state index in [1.807, 2.05) is 35.7 Å². The highest BCUT2D eigenvalue weighted by atomic mass is 79.9. The number of para-hydroxylation sites is 2. The first-order chi connectivity index (χ1) is 10.2. The lowest BCUT2D eigenvalue weighted by Gasteiger charge is -2.07. The van der Waals surface area contributed by atoms with Crippen molar-refractivity contribution in [2.45, 2.75) is 0 Å². The zero-order valence-corrected chi connectivity index (χ0v) is 13.5. The Morgan fingerprint density at radius 3 is 2.81 bits per heavy atom. The second-order valence-electron chi connectivity index (χ2n) is 4.26. The minimum Gasteiger partial charge on any atom is -0.494 e. The average molecular weight is 363 g/mol. The van der Waals surface area contributed by atoms with Gasteiger partial charge in [-0.05, 0) is 39.5 Å². The van der Waals surface area contributed by atoms with E-state index in [9.17, 15) is 4.79 Å². The molecule has 3 rings (SSSR count). The Labute approximate surface area is 134 Å². The van der Waals surface area contributed by atoms with Gasteiger partial charge in [-0.25, -0.2) is 4.68 Å². The molecule has 3 aromatic rings. The fourth-order valence-corrected chi connectivity index (χ4v) is 3.62. The Kier molecular flexibility index (Phi) is 3.90. The molecule has 0 amide bonds. The summed E-state index contributed by atoms with van der Waals surface area (Å²) in [4.78, 5) is 12.3. The summed E-state index contributed by atoms with van der Waals surface area (Å²) in [5.41, 5.74) is 2.00. The first-order valence-corrected chi connectivity index (χ1v) is 7.83. The molecule has 0 fully saturated rings. The lowest BCUT2D eigenvalue weighted by molar-refractivity contribution is 0.112. The van der Waals surface area contributed by atoms with Crippen LogP contribution >= 0.6 is 27.3 Å². The molecule has 0 unspecified atom stereocenters. The maximum absolute atomic E-state index is 11.3. The average Bonchev–Trinajstić information content (AvgIpc) is 3.12. The van der Waals surface area contributed by atoms with E-state index in [1.165, 1.54) is 11.3 Å². The van der Waals surface area contributed by atoms with E-state index in [4.69, 9.17) is 4.74 Å². The molecule has 21 heavy (non-hydrogen) atoms. The van der Waals surface area contributed by atoms with Gasteiger partial charge in [0.25, 0.3) is 0 Å². The highest BCUT2D eigenvalue weighted by Crippen LogP contribution is 2.35. The molecule has 2 aromatic heterocycles. The second-order valence-corrected chi connectivity index (χ2v) is 6.04. The third-order valence-corrected chi connectivity index (χ3v) is 4.88. The smallest absolute Gasteiger partial charge is 0.153 e. The molecule has 0 N–H and O–H groups in total. The minimum absolute atomic E-state index is 0.545. The molecule has 1 aromatic carbocycles. The molecule has 0 bridgehead atoms. The number of rotatable bonds is 4. The quantitative estimate of drug-likeness (QED) is 0.653. The monoisotopic (exact) mass is 362 g/mol. The van der Waals surface area contributed by atoms with Gasteiger partial charge in [-0.3, -0.25) is 4.79 Å². The predicted molar refractivity (Wildman–Crippen MR) is 86.5 cm³/mol. The van der Waals surface area contributed by atoms with Gasteiger partial charge in [0.15, 0.2) is 6.29 Å². The van der Waals surface area contributed by atoms with Crippen LogP contribution in [0.3, 0.4) is 0 Å². The third kappa shape index (κ3) is 2.52. The molecule has 0 spiro atoms. The standard InChI is InChI=1S/C15H11BrN2O2S/c1-20-13-5-3-2-4-12(13)18-8-10(9-19)14(17-18)15-11(16)6-7-21-15/h2-9H,1H3. The van der Waals surface area contributed by atoms with Crippen LogP contribution in [0, 0.1) is 0 Å². The van der Waals surface area contributed by atoms with Gasteiger partial charge in [0.05, 0.1) is 17.6 Å². The van der Waals surface area contributed by atoms with Crippen molar-refractivity contribution < 1.29 is 9.53 Å². The number of benzene rings is 1. The Morgan fingerprint density at radius 2 is 2.14 bits per heavy atom. The molecule has 0 radical (unpaired) electrons. The maximum atomic E-state index is 11.3. The second kappa shape index (κ2) is 5.83. The van der Waals surface area contributed by atoms with Crippen LogP contribution in [0.15, 0.2) is 46.4 Å². The third-order valence-electron chi connectivity index (χ3n) is 3.03. The van der Waals surface area contributed by atoms with Gasteiger partial charge < -0.3 is 4.74 Å². The van der Waals surface area contributed by atoms with Crippen molar-refractivity contribution >= 4 is 33.6 Å². The number of carbonyl (C=O) groups is 1. The summed E-state index contributed by atoms with van der Waals surface area (Å²) in [7, 11) is 1.61. The van der Waals surface area contributed by atoms with E-state index < -0.39 is 0 Å². The molecule has 0 saturated heterocycles. The minimum atomic E-state index is 0.545. The molecule has 0 aliphatic carbocycles. The Hall–Kier alpha value is -1.92. The van der Waals surface area contributed by atoms with Crippen LogP contribution in [0.5, 0.6) is 5.75 Å². The van der Waals surface area contributed by atoms with E-state index in [0.29, 0.717) is 17.0 Å². The molecular weight excluding hydrogens is 352 g/mol. The van der Waals surface area contributed by atoms with Crippen molar-refractivity contribution in [3.8, 4) is 22.0 Å². The van der Waals surface area contributed by atoms with Gasteiger partial charge in [-0.15, -0.1) is 11.3 Å². The summed E-state index contributed by atoms with van der Waals surface area (Å²) in [6.07, 6.45) is 2.53. The number of methoxy groups -OCH3 is 1. The van der Waals surface area contributed by atoms with E-state index in [0.717, 1.165) is 21.3 Å². The van der Waals surface area contributed by atoms with E-state index >= 15 is 0 Å². The van der Waals surface area contributed by atoms with Crippen molar-refractivity contribution in [3.63, 3.8) is 0 Å². The van der Waals surface area contributed by atoms with Gasteiger partial charge in [0.2, 0.25) is 0 Å². The fraction of sp³-hybridized carbons (Fsp3) is 0.0667. The van der Waals surface area contributed by atoms with Crippen LogP contribution < -0.4 is 4.74 Å². The van der Waals surface area contributed by atoms with Crippen LogP contribution in [0.25, 0.3) is 16.3 Å². The highest BCUT2D eigenvalue weighted by molar-refractivity contribution is 9.10. The Balaban J connectivity index is 2.16. The number of ether oxygens (including phenoxy) is 1. The largest absolute Gasteiger partial charge is 0.494 e. The lowest BCUT2D eigenvalue weighted by Crippen LogP contribution is -1.98. The SMILES string of the molecule is COc1ccccc1-n1cc(C=O)c(-c2sccc2Br)n1. The van der Waals surface area contributed by atoms with Crippen LogP contribution in [-0.2, 0) is 0 Å². The van der Waals surface area contributed by atoms with Crippen molar-refractivity contribution in [3.05, 3.63) is 51.9 Å². The normalized spacial score (nSPS) is 10.6. The number of aromatic nitrogens is 2. The molecule has 2 heterocycles. The van der Waals surface area contributed by atoms with Gasteiger partial charge in [0.1, 0.15) is 17.1 Å². The molecule has 0 saturated carbocycles. The summed E-state index contributed by atoms with van der Waals surface area (Å²) in [6, 6.07) is 9.49. The van der Waals surface area contributed by atoms with Gasteiger partial charge >= 0.3 is 0 Å². The van der Waals surface area contributed by atoms with Gasteiger partial charge in [0, 0.05) is 10.7 Å². The molecule has 6 heteroatoms. The van der Waals surface area contributed by atoms with Crippen LogP contribution in [0.4, 0.5) is 0 Å². The summed E-state index contributed by atoms with van der Waals surface area (Å²) < 4.78 is 7.94. The zero-order chi connectivity index (χ0) is 14.8. The number of hydrogen-bond donors (Lipinski definition) is 0. The molecule has 4 nitrogen and oxygen atoms in total. The number of halogens is 1. The van der Waals surface area contributed by atoms with Crippen molar-refractivity contribution in [2.24, 2.45) is 0 Å². The van der Waals surface area contributed by atoms with Crippen LogP contribution in [-0.4, -0.2) is 23.2 Å². The first-order valence-electron chi connectivity index (χ1n) is 6.16. The fourth-order valence-electron chi connectivity index (χ4n) is 2.06. The van der Waals surface area contributed by atoms with Crippen molar-refractivity contribution in [2.75, 3.05) is 7.11 Å². The van der Waals surface area contributed by atoms with Crippen molar-refractivity contribution in [1.82, 2.24) is 9.78 Å². The van der Waals surface area contributed by atoms with Gasteiger partial charge in [-0.1, -0.05) is 12.1 Å². The molecule has 0 aliphatic heterocycles. The molecule has 0 aliphatic rings. The molecular formula is C15H11BrN2O2S. The number of aldehydes is 1. The number of carbonyl (C=O) groups excluding carboxylic acids is 1. The number of hydrogen-bond acceptors (Lipinski definition) is 4. The van der Waals surface area contributed by atoms with E-state index in [1.54, 1.807) is 18.0 Å². The highest BCUT2D eigenvalue weighted by Gasteiger charge is 2.16. The van der Waals surface area contributed by atoms with Crippen LogP contribution in [0.2, 0.25) is 0 Å². The number of thiophene rings is 1. The van der Waals surface area contributed by atoms with Crippen LogP contribution in [0.1, 0.15) is 10.4 Å². The summed E-state index contributed by atoms with van der Waals surface area (Å²) in [6.45, 7) is 0. The summed E-state index contributed by atoms with van der Waals surface area (Å²) in [5.74, 6) is 0.703. The number of nitrogens with zero attached hydrogens (tertiary/aromatic N) is 2. The Bertz CT molecular complexity index is 795. The van der Waals surface area contributed by atoms with Crippen molar-refractivity contribution in [1.29, 1.82) is 0 Å². The summed E-state index contributed by atoms with van der Waals surface area (Å²) in [5, 5.41) is 6.50. The maximum Gasteiger partial charge on any atom is 0.153 e. The first kappa shape index (κ1) is 14.0. The topological polar surface area (TPSA) is 44.1 Å². The molecule has 106 valence electrons. The van der Waals surface area contributed by atoms with Gasteiger partial charge in [-0.2, -0.15) is 5.10 Å².